The topological polar surface area (TPSA) is 170 Å². The van der Waals surface area contributed by atoms with Crippen molar-refractivity contribution in [3.63, 3.8) is 0 Å². The molecule has 1 aliphatic heterocycles. The van der Waals surface area contributed by atoms with Crippen LogP contribution in [0.4, 0.5) is 0 Å². The molecule has 2 aromatic rings. The molecule has 13 heteroatoms. The second kappa shape index (κ2) is 22.0. The highest BCUT2D eigenvalue weighted by Crippen LogP contribution is 2.32. The van der Waals surface area contributed by atoms with Crippen molar-refractivity contribution in [1.29, 1.82) is 0 Å². The number of phenols is 1. The van der Waals surface area contributed by atoms with Crippen LogP contribution in [0.3, 0.4) is 0 Å². The molecule has 53 heavy (non-hydrogen) atoms. The van der Waals surface area contributed by atoms with Crippen molar-refractivity contribution >= 4 is 35.0 Å². The Morgan fingerprint density at radius 3 is 2.32 bits per heavy atom. The zero-order valence-electron chi connectivity index (χ0n) is 32.7. The van der Waals surface area contributed by atoms with Crippen molar-refractivity contribution in [2.45, 2.75) is 137 Å². The fourth-order valence-electron chi connectivity index (χ4n) is 6.79. The number of carbonyl (C=O) groups is 4. The molecule has 1 aliphatic rings. The standard InChI is InChI=1S/C40H63N5O7S/c1-8-19-45(39(49)35(26(6)10-3)44-36(47)31-13-11-12-18-41-31)33(25(4)5)23-34(52-20-9-2)38-43-32(24-53-38)37(48)42-29(21-27(7)40(50)51)22-28-14-16-30(46)17-15-28/h14-17,24-27,29,31,33-35,41,46H,8-13,18-23H2,1-7H3,(H,42,48)(H,44,47)(H,50,51)/t26-,27-,29+,31+,33+,34?,35-/m0/s1. The van der Waals surface area contributed by atoms with E-state index in [0.29, 0.717) is 31.0 Å². The molecule has 3 amide bonds. The number of rotatable bonds is 22. The summed E-state index contributed by atoms with van der Waals surface area (Å²) < 4.78 is 6.40. The molecule has 5 N–H and O–H groups in total. The fourth-order valence-corrected chi connectivity index (χ4v) is 7.65. The minimum atomic E-state index is -0.948. The third-order valence-electron chi connectivity index (χ3n) is 10.1. The lowest BCUT2D eigenvalue weighted by Gasteiger charge is -2.39. The average Bonchev–Trinajstić information content (AvgIpc) is 3.64. The van der Waals surface area contributed by atoms with Crippen molar-refractivity contribution in [2.75, 3.05) is 19.7 Å². The lowest BCUT2D eigenvalue weighted by Crippen LogP contribution is -2.58. The molecule has 296 valence electrons. The van der Waals surface area contributed by atoms with E-state index in [0.717, 1.165) is 50.6 Å². The molecular weight excluding hydrogens is 695 g/mol. The maximum Gasteiger partial charge on any atom is 0.306 e. The summed E-state index contributed by atoms with van der Waals surface area (Å²) in [5, 5.41) is 31.0. The number of hydrogen-bond donors (Lipinski definition) is 5. The number of amides is 3. The Balaban J connectivity index is 1.85. The van der Waals surface area contributed by atoms with Crippen LogP contribution in [-0.4, -0.2) is 87.7 Å². The van der Waals surface area contributed by atoms with Gasteiger partial charge in [-0.3, -0.25) is 19.2 Å². The molecule has 12 nitrogen and oxygen atoms in total. The summed E-state index contributed by atoms with van der Waals surface area (Å²) in [6, 6.07) is 4.96. The summed E-state index contributed by atoms with van der Waals surface area (Å²) in [6.07, 6.45) is 5.61. The van der Waals surface area contributed by atoms with Gasteiger partial charge in [0.2, 0.25) is 11.8 Å². The highest BCUT2D eigenvalue weighted by Gasteiger charge is 2.37. The number of nitrogens with one attached hydrogen (secondary N) is 3. The molecule has 1 unspecified atom stereocenters. The highest BCUT2D eigenvalue weighted by atomic mass is 32.1. The average molecular weight is 758 g/mol. The van der Waals surface area contributed by atoms with Gasteiger partial charge in [0.25, 0.3) is 5.91 Å². The number of carbonyl (C=O) groups excluding carboxylic acids is 3. The number of hydrogen-bond acceptors (Lipinski definition) is 9. The predicted octanol–water partition coefficient (Wildman–Crippen LogP) is 6.09. The van der Waals surface area contributed by atoms with Gasteiger partial charge in [-0.25, -0.2) is 4.98 Å². The van der Waals surface area contributed by atoms with Gasteiger partial charge in [-0.15, -0.1) is 11.3 Å². The Labute approximate surface area is 319 Å². The minimum Gasteiger partial charge on any atom is -0.508 e. The maximum atomic E-state index is 14.5. The third kappa shape index (κ3) is 13.4. The van der Waals surface area contributed by atoms with Gasteiger partial charge in [0.05, 0.1) is 12.0 Å². The predicted molar refractivity (Wildman–Crippen MR) is 208 cm³/mol. The van der Waals surface area contributed by atoms with Crippen LogP contribution in [0.2, 0.25) is 0 Å². The summed E-state index contributed by atoms with van der Waals surface area (Å²) in [7, 11) is 0. The summed E-state index contributed by atoms with van der Waals surface area (Å²) in [5.74, 6) is -2.14. The van der Waals surface area contributed by atoms with Gasteiger partial charge in [-0.05, 0) is 74.6 Å². The molecule has 0 aliphatic carbocycles. The molecule has 1 aromatic carbocycles. The van der Waals surface area contributed by atoms with Crippen molar-refractivity contribution in [1.82, 2.24) is 25.8 Å². The molecule has 0 saturated carbocycles. The first-order chi connectivity index (χ1) is 25.3. The van der Waals surface area contributed by atoms with E-state index in [1.165, 1.54) is 11.3 Å². The number of nitrogens with zero attached hydrogens (tertiary/aromatic N) is 2. The second-order valence-electron chi connectivity index (χ2n) is 14.9. The van der Waals surface area contributed by atoms with Gasteiger partial charge >= 0.3 is 5.97 Å². The Morgan fingerprint density at radius 1 is 1.02 bits per heavy atom. The smallest absolute Gasteiger partial charge is 0.306 e. The first-order valence-corrected chi connectivity index (χ1v) is 20.4. The molecule has 0 radical (unpaired) electrons. The number of aromatic hydroxyl groups is 1. The largest absolute Gasteiger partial charge is 0.508 e. The van der Waals surface area contributed by atoms with Crippen LogP contribution in [0, 0.1) is 17.8 Å². The van der Waals surface area contributed by atoms with Crippen LogP contribution < -0.4 is 16.0 Å². The zero-order chi connectivity index (χ0) is 39.1. The van der Waals surface area contributed by atoms with Crippen LogP contribution >= 0.6 is 11.3 Å². The fraction of sp³-hybridized carbons (Fsp3) is 0.675. The SMILES string of the molecule is CCCOC(C[C@H](C(C)C)N(CCC)C(=O)[C@@H](NC(=O)[C@H]1CCCCN1)[C@@H](C)CC)c1nc(C(=O)N[C@@H](Cc2ccc(O)cc2)C[C@H](C)C(=O)O)cs1. The Morgan fingerprint density at radius 2 is 1.74 bits per heavy atom. The summed E-state index contributed by atoms with van der Waals surface area (Å²) >= 11 is 1.33. The number of ether oxygens (including phenoxy) is 1. The van der Waals surface area contributed by atoms with Gasteiger partial charge in [-0.1, -0.05) is 73.4 Å². The second-order valence-corrected chi connectivity index (χ2v) is 15.8. The molecule has 1 saturated heterocycles. The van der Waals surface area contributed by atoms with E-state index in [2.05, 4.69) is 29.8 Å². The minimum absolute atomic E-state index is 0.0612. The van der Waals surface area contributed by atoms with E-state index < -0.39 is 36.0 Å². The van der Waals surface area contributed by atoms with Gasteiger partial charge in [0.1, 0.15) is 28.6 Å². The monoisotopic (exact) mass is 757 g/mol. The molecule has 3 rings (SSSR count). The van der Waals surface area contributed by atoms with Crippen molar-refractivity contribution in [3.8, 4) is 5.75 Å². The first-order valence-electron chi connectivity index (χ1n) is 19.5. The van der Waals surface area contributed by atoms with Gasteiger partial charge < -0.3 is 35.8 Å². The van der Waals surface area contributed by atoms with Crippen LogP contribution in [0.1, 0.15) is 127 Å². The quantitative estimate of drug-likeness (QED) is 0.0954. The number of thiazole rings is 1. The number of carboxylic acids is 1. The summed E-state index contributed by atoms with van der Waals surface area (Å²) in [4.78, 5) is 59.9. The van der Waals surface area contributed by atoms with Crippen LogP contribution in [0.25, 0.3) is 0 Å². The van der Waals surface area contributed by atoms with Gasteiger partial charge in [-0.2, -0.15) is 0 Å². The summed E-state index contributed by atoms with van der Waals surface area (Å²) in [5.41, 5.74) is 1.07. The molecule has 0 spiro atoms. The number of piperidine rings is 1. The van der Waals surface area contributed by atoms with E-state index in [-0.39, 0.29) is 53.6 Å². The van der Waals surface area contributed by atoms with Gasteiger partial charge in [0.15, 0.2) is 0 Å². The number of benzene rings is 1. The third-order valence-corrected chi connectivity index (χ3v) is 11.1. The lowest BCUT2D eigenvalue weighted by atomic mass is 9.92. The normalized spacial score (nSPS) is 18.0. The molecule has 0 bridgehead atoms. The van der Waals surface area contributed by atoms with Gasteiger partial charge in [0, 0.05) is 37.0 Å². The van der Waals surface area contributed by atoms with E-state index in [1.54, 1.807) is 36.6 Å². The Hall–Kier alpha value is -3.55. The molecule has 1 aromatic heterocycles. The van der Waals surface area contributed by atoms with E-state index >= 15 is 0 Å². The van der Waals surface area contributed by atoms with Crippen molar-refractivity contribution in [2.24, 2.45) is 17.8 Å². The molecule has 2 heterocycles. The number of phenolic OH excluding ortho intramolecular Hbond substituents is 1. The van der Waals surface area contributed by atoms with E-state index in [1.807, 2.05) is 32.6 Å². The van der Waals surface area contributed by atoms with Crippen molar-refractivity contribution < 1.29 is 34.1 Å². The van der Waals surface area contributed by atoms with Crippen LogP contribution in [0.15, 0.2) is 29.6 Å². The Kier molecular flexibility index (Phi) is 18.2. The number of carboxylic acid groups (broad SMARTS) is 1. The van der Waals surface area contributed by atoms with E-state index in [4.69, 9.17) is 9.72 Å². The van der Waals surface area contributed by atoms with Crippen LogP contribution in [-0.2, 0) is 25.5 Å². The number of aliphatic carboxylic acids is 1. The maximum absolute atomic E-state index is 14.5. The zero-order valence-corrected chi connectivity index (χ0v) is 33.5. The highest BCUT2D eigenvalue weighted by molar-refractivity contribution is 7.09. The van der Waals surface area contributed by atoms with Crippen molar-refractivity contribution in [3.05, 3.63) is 45.9 Å². The Bertz CT molecular complexity index is 1450. The summed E-state index contributed by atoms with van der Waals surface area (Å²) in [6.45, 7) is 15.7. The number of aromatic nitrogens is 1. The van der Waals surface area contributed by atoms with E-state index in [9.17, 15) is 29.4 Å². The molecular formula is C40H63N5O7S. The van der Waals surface area contributed by atoms with Crippen LogP contribution in [0.5, 0.6) is 5.75 Å². The first kappa shape index (κ1) is 43.9. The lowest BCUT2D eigenvalue weighted by molar-refractivity contribution is -0.142. The molecule has 7 atom stereocenters. The molecule has 1 fully saturated rings.